The number of nitrogens with one attached hydrogen (secondary N) is 2. The maximum absolute atomic E-state index is 9.76. The van der Waals surface area contributed by atoms with Gasteiger partial charge < -0.3 is 15.7 Å². The molecule has 10 nitrogen and oxygen atoms in total. The van der Waals surface area contributed by atoms with Crippen LogP contribution in [0.1, 0.15) is 11.3 Å². The van der Waals surface area contributed by atoms with Gasteiger partial charge in [-0.3, -0.25) is 9.67 Å². The number of aromatic nitrogens is 6. The second-order valence-electron chi connectivity index (χ2n) is 7.65. The van der Waals surface area contributed by atoms with Crippen LogP contribution in [0.2, 0.25) is 0 Å². The lowest BCUT2D eigenvalue weighted by molar-refractivity contribution is 0.238. The minimum atomic E-state index is -0.805. The van der Waals surface area contributed by atoms with E-state index in [-0.39, 0.29) is 0 Å². The third-order valence-electron chi connectivity index (χ3n) is 5.56. The molecular formula is C23H17N9O. The van der Waals surface area contributed by atoms with Crippen LogP contribution in [-0.2, 0) is 6.54 Å². The van der Waals surface area contributed by atoms with Crippen LogP contribution in [0, 0.1) is 11.3 Å². The van der Waals surface area contributed by atoms with Crippen LogP contribution >= 0.6 is 0 Å². The summed E-state index contributed by atoms with van der Waals surface area (Å²) in [5, 5.41) is 37.7. The Morgan fingerprint density at radius 1 is 1.03 bits per heavy atom. The van der Waals surface area contributed by atoms with Gasteiger partial charge in [-0.2, -0.15) is 10.4 Å². The van der Waals surface area contributed by atoms with Gasteiger partial charge in [0.25, 0.3) is 0 Å². The van der Waals surface area contributed by atoms with E-state index in [9.17, 15) is 5.11 Å². The molecule has 6 rings (SSSR count). The minimum absolute atomic E-state index is 0.482. The predicted octanol–water partition coefficient (Wildman–Crippen LogP) is 2.71. The maximum Gasteiger partial charge on any atom is 0.202 e. The molecular weight excluding hydrogens is 418 g/mol. The molecule has 0 amide bonds. The fourth-order valence-corrected chi connectivity index (χ4v) is 3.95. The molecule has 160 valence electrons. The Balaban J connectivity index is 1.37. The summed E-state index contributed by atoms with van der Waals surface area (Å²) in [5.41, 5.74) is 7.31. The largest absolute Gasteiger partial charge is 0.357 e. The van der Waals surface area contributed by atoms with E-state index in [0.717, 1.165) is 45.0 Å². The maximum atomic E-state index is 9.76. The second kappa shape index (κ2) is 7.44. The van der Waals surface area contributed by atoms with Crippen molar-refractivity contribution in [3.05, 3.63) is 78.2 Å². The van der Waals surface area contributed by atoms with Crippen molar-refractivity contribution in [2.45, 2.75) is 12.9 Å². The van der Waals surface area contributed by atoms with Crippen molar-refractivity contribution in [1.29, 1.82) is 5.26 Å². The topological polar surface area (TPSA) is 130 Å². The molecule has 2 aromatic carbocycles. The number of hydrogen-bond donors (Lipinski definition) is 3. The highest BCUT2D eigenvalue weighted by atomic mass is 16.3. The number of pyridine rings is 1. The van der Waals surface area contributed by atoms with Crippen LogP contribution in [-0.4, -0.2) is 41.2 Å². The van der Waals surface area contributed by atoms with E-state index in [2.05, 4.69) is 37.1 Å². The number of nitriles is 1. The molecule has 1 aliphatic heterocycles. The number of hydrogen-bond acceptors (Lipinski definition) is 8. The lowest BCUT2D eigenvalue weighted by Gasteiger charge is -2.09. The van der Waals surface area contributed by atoms with Gasteiger partial charge in [-0.1, -0.05) is 11.3 Å². The third kappa shape index (κ3) is 3.33. The van der Waals surface area contributed by atoms with Crippen LogP contribution in [0.15, 0.2) is 67.0 Å². The van der Waals surface area contributed by atoms with E-state index in [4.69, 9.17) is 5.26 Å². The van der Waals surface area contributed by atoms with Gasteiger partial charge in [0, 0.05) is 18.0 Å². The number of nitrogens with zero attached hydrogens (tertiary/aromatic N) is 7. The number of aliphatic hydroxyl groups excluding tert-OH is 1. The van der Waals surface area contributed by atoms with Crippen LogP contribution in [0.4, 0.5) is 11.4 Å². The zero-order chi connectivity index (χ0) is 22.4. The summed E-state index contributed by atoms with van der Waals surface area (Å²) in [4.78, 5) is 4.35. The summed E-state index contributed by atoms with van der Waals surface area (Å²) >= 11 is 0. The quantitative estimate of drug-likeness (QED) is 0.393. The molecule has 0 saturated heterocycles. The van der Waals surface area contributed by atoms with Crippen LogP contribution in [0.25, 0.3) is 28.0 Å². The zero-order valence-electron chi connectivity index (χ0n) is 17.2. The van der Waals surface area contributed by atoms with E-state index in [1.54, 1.807) is 23.1 Å². The smallest absolute Gasteiger partial charge is 0.202 e. The van der Waals surface area contributed by atoms with Gasteiger partial charge in [0.05, 0.1) is 46.1 Å². The van der Waals surface area contributed by atoms with Gasteiger partial charge in [-0.15, -0.1) is 5.10 Å². The average Bonchev–Trinajstić information content (AvgIpc) is 3.56. The van der Waals surface area contributed by atoms with Gasteiger partial charge in [0.2, 0.25) is 6.35 Å². The molecule has 33 heavy (non-hydrogen) atoms. The first-order chi connectivity index (χ1) is 16.2. The van der Waals surface area contributed by atoms with E-state index >= 15 is 0 Å². The van der Waals surface area contributed by atoms with Crippen molar-refractivity contribution in [3.63, 3.8) is 0 Å². The number of fused-ring (bicyclic) bond motifs is 2. The Morgan fingerprint density at radius 2 is 1.94 bits per heavy atom. The predicted molar refractivity (Wildman–Crippen MR) is 121 cm³/mol. The van der Waals surface area contributed by atoms with Crippen LogP contribution < -0.4 is 10.6 Å². The normalized spacial score (nSPS) is 14.5. The first kappa shape index (κ1) is 19.0. The number of anilines is 2. The Bertz CT molecular complexity index is 1530. The standard InChI is InChI=1S/C23H17N9O/c24-11-14-1-3-16(25-12-14)13-31-21(7-8-26-31)15-2-5-19-22(9-15)32(30-29-19)17-4-6-18-20(10-17)28-23(33)27-18/h1-10,12,23,27-28,33H,13H2. The molecule has 4 heterocycles. The van der Waals surface area contributed by atoms with Crippen LogP contribution in [0.5, 0.6) is 0 Å². The lowest BCUT2D eigenvalue weighted by atomic mass is 10.1. The van der Waals surface area contributed by atoms with E-state index in [0.29, 0.717) is 12.1 Å². The molecule has 1 unspecified atom stereocenters. The summed E-state index contributed by atoms with van der Waals surface area (Å²) in [7, 11) is 0. The van der Waals surface area contributed by atoms with Crippen molar-refractivity contribution in [1.82, 2.24) is 29.8 Å². The molecule has 1 atom stereocenters. The summed E-state index contributed by atoms with van der Waals surface area (Å²) in [6, 6.07) is 19.3. The van der Waals surface area contributed by atoms with Crippen molar-refractivity contribution in [3.8, 4) is 23.0 Å². The molecule has 3 N–H and O–H groups in total. The number of rotatable bonds is 4. The Kier molecular flexibility index (Phi) is 4.28. The Hall–Kier alpha value is -4.75. The van der Waals surface area contributed by atoms with Crippen molar-refractivity contribution < 1.29 is 5.11 Å². The van der Waals surface area contributed by atoms with E-state index in [1.807, 2.05) is 53.2 Å². The number of benzene rings is 2. The fourth-order valence-electron chi connectivity index (χ4n) is 3.95. The molecule has 3 aromatic heterocycles. The molecule has 10 heteroatoms. The summed E-state index contributed by atoms with van der Waals surface area (Å²) in [6.45, 7) is 0.482. The van der Waals surface area contributed by atoms with Crippen molar-refractivity contribution in [2.24, 2.45) is 0 Å². The second-order valence-corrected chi connectivity index (χ2v) is 7.65. The molecule has 0 spiro atoms. The SMILES string of the molecule is N#Cc1ccc(Cn2nccc2-c2ccc3nnn(-c4ccc5c(c4)NC(O)N5)c3c2)nc1. The van der Waals surface area contributed by atoms with Gasteiger partial charge in [0.15, 0.2) is 0 Å². The van der Waals surface area contributed by atoms with Crippen molar-refractivity contribution in [2.75, 3.05) is 10.6 Å². The molecule has 0 fully saturated rings. The van der Waals surface area contributed by atoms with Gasteiger partial charge in [-0.25, -0.2) is 4.68 Å². The zero-order valence-corrected chi connectivity index (χ0v) is 17.2. The fraction of sp³-hybridized carbons (Fsp3) is 0.0870. The van der Waals surface area contributed by atoms with Crippen LogP contribution in [0.3, 0.4) is 0 Å². The monoisotopic (exact) mass is 435 g/mol. The molecule has 1 aliphatic rings. The molecule has 0 radical (unpaired) electrons. The van der Waals surface area contributed by atoms with E-state index < -0.39 is 6.35 Å². The lowest BCUT2D eigenvalue weighted by Crippen LogP contribution is -2.20. The Morgan fingerprint density at radius 3 is 2.79 bits per heavy atom. The highest BCUT2D eigenvalue weighted by Gasteiger charge is 2.18. The van der Waals surface area contributed by atoms with Gasteiger partial charge >= 0.3 is 0 Å². The highest BCUT2D eigenvalue weighted by Crippen LogP contribution is 2.32. The van der Waals surface area contributed by atoms with E-state index in [1.165, 1.54) is 0 Å². The van der Waals surface area contributed by atoms with Gasteiger partial charge in [-0.05, 0) is 48.5 Å². The molecule has 0 aliphatic carbocycles. The molecule has 0 bridgehead atoms. The van der Waals surface area contributed by atoms with Gasteiger partial charge in [0.1, 0.15) is 11.6 Å². The number of aliphatic hydroxyl groups is 1. The first-order valence-corrected chi connectivity index (χ1v) is 10.3. The summed E-state index contributed by atoms with van der Waals surface area (Å²) in [5.74, 6) is 0. The molecule has 0 saturated carbocycles. The molecule has 5 aromatic rings. The third-order valence-corrected chi connectivity index (χ3v) is 5.56. The summed E-state index contributed by atoms with van der Waals surface area (Å²) in [6.07, 6.45) is 2.51. The summed E-state index contributed by atoms with van der Waals surface area (Å²) < 4.78 is 3.64. The average molecular weight is 435 g/mol. The highest BCUT2D eigenvalue weighted by molar-refractivity contribution is 5.83. The minimum Gasteiger partial charge on any atom is -0.357 e. The van der Waals surface area contributed by atoms with Crippen molar-refractivity contribution >= 4 is 22.4 Å². The first-order valence-electron chi connectivity index (χ1n) is 10.3. The Labute approximate surface area is 187 Å².